The van der Waals surface area contributed by atoms with E-state index in [9.17, 15) is 9.90 Å². The number of aliphatic hydroxyl groups is 1. The largest absolute Gasteiger partial charge is 0.486 e. The number of carbonyl (C=O) groups is 1. The fraction of sp³-hybridized carbons (Fsp3) is 0.720. The number of amides is 1. The van der Waals surface area contributed by atoms with Crippen molar-refractivity contribution in [2.75, 3.05) is 40.0 Å². The van der Waals surface area contributed by atoms with Gasteiger partial charge < -0.3 is 24.6 Å². The molecule has 2 heterocycles. The average molecular weight is 449 g/mol. The first-order valence-corrected chi connectivity index (χ1v) is 12.2. The van der Waals surface area contributed by atoms with Crippen LogP contribution >= 0.6 is 0 Å². The van der Waals surface area contributed by atoms with Crippen LogP contribution in [0.4, 0.5) is 0 Å². The SMILES string of the molecule is CCCCCCCC(=O)N[C@H](CN1CCC[C@@H]1COC)[C@H](O)c1ccc2c(c1)OCCO2. The first-order chi connectivity index (χ1) is 15.6. The average Bonchev–Trinajstić information content (AvgIpc) is 3.24. The summed E-state index contributed by atoms with van der Waals surface area (Å²) in [4.78, 5) is 15.1. The molecule has 2 aliphatic rings. The molecule has 1 aromatic rings. The molecule has 3 atom stereocenters. The van der Waals surface area contributed by atoms with Crippen molar-refractivity contribution in [1.82, 2.24) is 10.2 Å². The lowest BCUT2D eigenvalue weighted by Gasteiger charge is -2.32. The molecule has 0 aromatic heterocycles. The Balaban J connectivity index is 1.67. The van der Waals surface area contributed by atoms with E-state index in [2.05, 4.69) is 17.1 Å². The molecule has 0 aliphatic carbocycles. The van der Waals surface area contributed by atoms with Gasteiger partial charge in [-0.05, 0) is 43.5 Å². The number of hydrogen-bond donors (Lipinski definition) is 2. The number of likely N-dealkylation sites (tertiary alicyclic amines) is 1. The molecule has 1 saturated heterocycles. The lowest BCUT2D eigenvalue weighted by molar-refractivity contribution is -0.123. The summed E-state index contributed by atoms with van der Waals surface area (Å²) < 4.78 is 16.7. The molecule has 0 bridgehead atoms. The number of unbranched alkanes of at least 4 members (excludes halogenated alkanes) is 4. The molecular formula is C25H40N2O5. The Morgan fingerprint density at radius 2 is 2.00 bits per heavy atom. The van der Waals surface area contributed by atoms with Gasteiger partial charge in [-0.2, -0.15) is 0 Å². The number of carbonyl (C=O) groups excluding carboxylic acids is 1. The van der Waals surface area contributed by atoms with Crippen molar-refractivity contribution in [3.05, 3.63) is 23.8 Å². The minimum atomic E-state index is -0.835. The fourth-order valence-electron chi connectivity index (χ4n) is 4.64. The quantitative estimate of drug-likeness (QED) is 0.450. The summed E-state index contributed by atoms with van der Waals surface area (Å²) in [6.07, 6.45) is 7.36. The zero-order valence-electron chi connectivity index (χ0n) is 19.7. The van der Waals surface area contributed by atoms with Crippen molar-refractivity contribution in [3.63, 3.8) is 0 Å². The van der Waals surface area contributed by atoms with Crippen LogP contribution in [0.3, 0.4) is 0 Å². The van der Waals surface area contributed by atoms with E-state index in [4.69, 9.17) is 14.2 Å². The zero-order chi connectivity index (χ0) is 22.8. The number of methoxy groups -OCH3 is 1. The monoisotopic (exact) mass is 448 g/mol. The smallest absolute Gasteiger partial charge is 0.220 e. The van der Waals surface area contributed by atoms with Crippen molar-refractivity contribution < 1.29 is 24.1 Å². The molecule has 2 N–H and O–H groups in total. The number of nitrogens with one attached hydrogen (secondary N) is 1. The first kappa shape index (κ1) is 24.8. The van der Waals surface area contributed by atoms with Gasteiger partial charge in [0.05, 0.1) is 12.6 Å². The van der Waals surface area contributed by atoms with Gasteiger partial charge in [-0.3, -0.25) is 9.69 Å². The Bertz CT molecular complexity index is 714. The molecule has 0 radical (unpaired) electrons. The van der Waals surface area contributed by atoms with Crippen molar-refractivity contribution >= 4 is 5.91 Å². The van der Waals surface area contributed by atoms with E-state index >= 15 is 0 Å². The van der Waals surface area contributed by atoms with E-state index in [1.165, 1.54) is 19.3 Å². The highest BCUT2D eigenvalue weighted by atomic mass is 16.6. The van der Waals surface area contributed by atoms with Gasteiger partial charge in [-0.25, -0.2) is 0 Å². The van der Waals surface area contributed by atoms with Crippen LogP contribution in [0, 0.1) is 0 Å². The predicted octanol–water partition coefficient (Wildman–Crippen LogP) is 3.45. The molecule has 1 amide bonds. The Labute approximate surface area is 192 Å². The Morgan fingerprint density at radius 3 is 2.78 bits per heavy atom. The normalized spacial score (nSPS) is 20.2. The summed E-state index contributed by atoms with van der Waals surface area (Å²) in [5.74, 6) is 1.34. The Kier molecular flexibility index (Phi) is 10.1. The molecule has 180 valence electrons. The van der Waals surface area contributed by atoms with Gasteiger partial charge in [0.1, 0.15) is 19.3 Å². The summed E-state index contributed by atoms with van der Waals surface area (Å²) in [5, 5.41) is 14.4. The Hall–Kier alpha value is -1.83. The molecule has 3 rings (SSSR count). The van der Waals surface area contributed by atoms with Gasteiger partial charge in [0.25, 0.3) is 0 Å². The lowest BCUT2D eigenvalue weighted by atomic mass is 10.00. The highest BCUT2D eigenvalue weighted by Gasteiger charge is 2.31. The van der Waals surface area contributed by atoms with Crippen molar-refractivity contribution in [2.45, 2.75) is 76.5 Å². The van der Waals surface area contributed by atoms with Gasteiger partial charge in [0, 0.05) is 26.1 Å². The highest BCUT2D eigenvalue weighted by Crippen LogP contribution is 2.34. The van der Waals surface area contributed by atoms with Crippen molar-refractivity contribution in [3.8, 4) is 11.5 Å². The number of benzene rings is 1. The fourth-order valence-corrected chi connectivity index (χ4v) is 4.64. The van der Waals surface area contributed by atoms with Gasteiger partial charge in [0.15, 0.2) is 11.5 Å². The topological polar surface area (TPSA) is 80.3 Å². The molecule has 7 heteroatoms. The van der Waals surface area contributed by atoms with E-state index in [-0.39, 0.29) is 5.91 Å². The third-order valence-electron chi connectivity index (χ3n) is 6.43. The Morgan fingerprint density at radius 1 is 1.22 bits per heavy atom. The third kappa shape index (κ3) is 7.09. The molecule has 0 spiro atoms. The van der Waals surface area contributed by atoms with Crippen LogP contribution in [0.5, 0.6) is 11.5 Å². The number of ether oxygens (including phenoxy) is 3. The second-order valence-electron chi connectivity index (χ2n) is 8.93. The molecule has 1 fully saturated rings. The third-order valence-corrected chi connectivity index (χ3v) is 6.43. The van der Waals surface area contributed by atoms with E-state index < -0.39 is 12.1 Å². The maximum absolute atomic E-state index is 12.7. The van der Waals surface area contributed by atoms with Crippen LogP contribution in [0.2, 0.25) is 0 Å². The predicted molar refractivity (Wildman–Crippen MR) is 124 cm³/mol. The van der Waals surface area contributed by atoms with Crippen LogP contribution < -0.4 is 14.8 Å². The highest BCUT2D eigenvalue weighted by molar-refractivity contribution is 5.76. The summed E-state index contributed by atoms with van der Waals surface area (Å²) in [6, 6.07) is 5.45. The lowest BCUT2D eigenvalue weighted by Crippen LogP contribution is -2.49. The van der Waals surface area contributed by atoms with Crippen LogP contribution in [0.15, 0.2) is 18.2 Å². The number of rotatable bonds is 13. The number of aliphatic hydroxyl groups excluding tert-OH is 1. The number of hydrogen-bond acceptors (Lipinski definition) is 6. The van der Waals surface area contributed by atoms with Gasteiger partial charge >= 0.3 is 0 Å². The molecule has 0 unspecified atom stereocenters. The summed E-state index contributed by atoms with van der Waals surface area (Å²) in [6.45, 7) is 5.42. The zero-order valence-corrected chi connectivity index (χ0v) is 19.7. The summed E-state index contributed by atoms with van der Waals surface area (Å²) in [7, 11) is 1.72. The second kappa shape index (κ2) is 13.0. The van der Waals surface area contributed by atoms with Crippen LogP contribution in [0.1, 0.15) is 70.0 Å². The maximum Gasteiger partial charge on any atom is 0.220 e. The van der Waals surface area contributed by atoms with Gasteiger partial charge in [-0.1, -0.05) is 38.7 Å². The van der Waals surface area contributed by atoms with Crippen LogP contribution in [0.25, 0.3) is 0 Å². The molecule has 32 heavy (non-hydrogen) atoms. The van der Waals surface area contributed by atoms with Gasteiger partial charge in [-0.15, -0.1) is 0 Å². The van der Waals surface area contributed by atoms with E-state index in [1.807, 2.05) is 18.2 Å². The number of nitrogens with zero attached hydrogens (tertiary/aromatic N) is 1. The van der Waals surface area contributed by atoms with E-state index in [0.717, 1.165) is 37.8 Å². The maximum atomic E-state index is 12.7. The summed E-state index contributed by atoms with van der Waals surface area (Å²) in [5.41, 5.74) is 0.727. The standard InChI is InChI=1S/C25H40N2O5/c1-3-4-5-6-7-10-24(28)26-21(17-27-13-8-9-20(27)18-30-2)25(29)19-11-12-22-23(16-19)32-15-14-31-22/h11-12,16,20-21,25,29H,3-10,13-15,17-18H2,1-2H3,(H,26,28)/t20-,21-,25-/m1/s1. The number of fused-ring (bicyclic) bond motifs is 1. The summed E-state index contributed by atoms with van der Waals surface area (Å²) >= 11 is 0. The van der Waals surface area contributed by atoms with E-state index in [1.54, 1.807) is 7.11 Å². The molecule has 1 aromatic carbocycles. The van der Waals surface area contributed by atoms with Crippen LogP contribution in [-0.4, -0.2) is 68.0 Å². The molecular weight excluding hydrogens is 408 g/mol. The first-order valence-electron chi connectivity index (χ1n) is 12.2. The van der Waals surface area contributed by atoms with Crippen molar-refractivity contribution in [1.29, 1.82) is 0 Å². The van der Waals surface area contributed by atoms with Gasteiger partial charge in [0.2, 0.25) is 5.91 Å². The van der Waals surface area contributed by atoms with Crippen molar-refractivity contribution in [2.24, 2.45) is 0 Å². The van der Waals surface area contributed by atoms with Crippen LogP contribution in [-0.2, 0) is 9.53 Å². The second-order valence-corrected chi connectivity index (χ2v) is 8.93. The molecule has 2 aliphatic heterocycles. The van der Waals surface area contributed by atoms with E-state index in [0.29, 0.717) is 50.3 Å². The minimum Gasteiger partial charge on any atom is -0.486 e. The molecule has 7 nitrogen and oxygen atoms in total. The molecule has 0 saturated carbocycles. The minimum absolute atomic E-state index is 0.00517.